The van der Waals surface area contributed by atoms with Crippen LogP contribution in [0.4, 0.5) is 0 Å². The summed E-state index contributed by atoms with van der Waals surface area (Å²) in [5.74, 6) is -0.199. The van der Waals surface area contributed by atoms with Gasteiger partial charge in [-0.15, -0.1) is 0 Å². The van der Waals surface area contributed by atoms with Crippen LogP contribution in [0.1, 0.15) is 24.0 Å². The van der Waals surface area contributed by atoms with Crippen LogP contribution in [-0.2, 0) is 4.79 Å². The van der Waals surface area contributed by atoms with Crippen molar-refractivity contribution >= 4 is 5.97 Å². The zero-order chi connectivity index (χ0) is 12.3. The van der Waals surface area contributed by atoms with Gasteiger partial charge in [0.2, 0.25) is 0 Å². The smallest absolute Gasteiger partial charge is 0.310 e. The Kier molecular flexibility index (Phi) is 3.77. The zero-order valence-corrected chi connectivity index (χ0v) is 9.90. The lowest BCUT2D eigenvalue weighted by molar-refractivity contribution is -0.138. The maximum atomic E-state index is 10.9. The minimum Gasteiger partial charge on any atom is -0.496 e. The Morgan fingerprint density at radius 3 is 2.38 bits per heavy atom. The third-order valence-electron chi connectivity index (χ3n) is 2.65. The third-order valence-corrected chi connectivity index (χ3v) is 2.65. The molecule has 88 valence electrons. The molecule has 1 aromatic carbocycles. The summed E-state index contributed by atoms with van der Waals surface area (Å²) in [5.41, 5.74) is 1.48. The Morgan fingerprint density at radius 1 is 1.31 bits per heavy atom. The van der Waals surface area contributed by atoms with Crippen molar-refractivity contribution in [2.75, 3.05) is 14.2 Å². The minimum atomic E-state index is -0.872. The normalized spacial score (nSPS) is 12.0. The molecular weight excluding hydrogens is 208 g/mol. The molecule has 0 aliphatic rings. The molecule has 1 N–H and O–H groups in total. The number of rotatable bonds is 4. The molecule has 0 amide bonds. The van der Waals surface area contributed by atoms with Crippen molar-refractivity contribution in [1.29, 1.82) is 0 Å². The third kappa shape index (κ3) is 2.10. The van der Waals surface area contributed by atoms with E-state index in [2.05, 4.69) is 0 Å². The summed E-state index contributed by atoms with van der Waals surface area (Å²) in [4.78, 5) is 10.9. The van der Waals surface area contributed by atoms with Gasteiger partial charge in [0.25, 0.3) is 0 Å². The van der Waals surface area contributed by atoms with Gasteiger partial charge in [-0.2, -0.15) is 0 Å². The van der Waals surface area contributed by atoms with E-state index >= 15 is 0 Å². The molecule has 0 aromatic heterocycles. The average molecular weight is 224 g/mol. The van der Waals surface area contributed by atoms with E-state index in [1.54, 1.807) is 26.2 Å². The number of carboxylic acids is 1. The molecule has 0 bridgehead atoms. The van der Waals surface area contributed by atoms with E-state index < -0.39 is 11.9 Å². The van der Waals surface area contributed by atoms with E-state index in [1.807, 2.05) is 6.92 Å². The number of benzene rings is 1. The number of aliphatic carboxylic acids is 1. The molecule has 1 atom stereocenters. The maximum absolute atomic E-state index is 10.9. The van der Waals surface area contributed by atoms with E-state index in [-0.39, 0.29) is 0 Å². The molecule has 0 saturated carbocycles. The highest BCUT2D eigenvalue weighted by Crippen LogP contribution is 2.35. The molecule has 0 spiro atoms. The summed E-state index contributed by atoms with van der Waals surface area (Å²) in [6.45, 7) is 3.47. The number of hydrogen-bond donors (Lipinski definition) is 1. The Bertz CT molecular complexity index is 398. The highest BCUT2D eigenvalue weighted by atomic mass is 16.5. The fourth-order valence-corrected chi connectivity index (χ4v) is 1.66. The average Bonchev–Trinajstić information content (AvgIpc) is 2.27. The number of carboxylic acid groups (broad SMARTS) is 1. The summed E-state index contributed by atoms with van der Waals surface area (Å²) in [6.07, 6.45) is 0. The van der Waals surface area contributed by atoms with Crippen LogP contribution < -0.4 is 9.47 Å². The van der Waals surface area contributed by atoms with Gasteiger partial charge in [-0.3, -0.25) is 4.79 Å². The van der Waals surface area contributed by atoms with Crippen molar-refractivity contribution < 1.29 is 19.4 Å². The van der Waals surface area contributed by atoms with Gasteiger partial charge < -0.3 is 14.6 Å². The van der Waals surface area contributed by atoms with Crippen LogP contribution in [0.3, 0.4) is 0 Å². The number of ether oxygens (including phenoxy) is 2. The lowest BCUT2D eigenvalue weighted by Gasteiger charge is -2.16. The second-order valence-electron chi connectivity index (χ2n) is 3.58. The van der Waals surface area contributed by atoms with E-state index in [1.165, 1.54) is 7.11 Å². The lowest BCUT2D eigenvalue weighted by atomic mass is 9.97. The van der Waals surface area contributed by atoms with Crippen molar-refractivity contribution in [3.05, 3.63) is 23.3 Å². The summed E-state index contributed by atoms with van der Waals surface area (Å²) < 4.78 is 10.4. The van der Waals surface area contributed by atoms with Crippen molar-refractivity contribution in [3.63, 3.8) is 0 Å². The van der Waals surface area contributed by atoms with Crippen molar-refractivity contribution in [2.24, 2.45) is 0 Å². The van der Waals surface area contributed by atoms with Crippen LogP contribution >= 0.6 is 0 Å². The number of carbonyl (C=O) groups is 1. The predicted octanol–water partition coefficient (Wildman–Crippen LogP) is 2.20. The van der Waals surface area contributed by atoms with Gasteiger partial charge in [0.05, 0.1) is 20.1 Å². The first-order valence-corrected chi connectivity index (χ1v) is 4.97. The van der Waals surface area contributed by atoms with Crippen molar-refractivity contribution in [2.45, 2.75) is 19.8 Å². The fourth-order valence-electron chi connectivity index (χ4n) is 1.66. The molecule has 4 nitrogen and oxygen atoms in total. The number of methoxy groups -OCH3 is 2. The minimum absolute atomic E-state index is 0.578. The van der Waals surface area contributed by atoms with Gasteiger partial charge in [-0.1, -0.05) is 6.07 Å². The highest BCUT2D eigenvalue weighted by Gasteiger charge is 2.20. The van der Waals surface area contributed by atoms with Gasteiger partial charge in [0.1, 0.15) is 11.5 Å². The molecule has 16 heavy (non-hydrogen) atoms. The van der Waals surface area contributed by atoms with Crippen LogP contribution in [-0.4, -0.2) is 25.3 Å². The van der Waals surface area contributed by atoms with Crippen molar-refractivity contribution in [3.8, 4) is 11.5 Å². The zero-order valence-electron chi connectivity index (χ0n) is 9.90. The van der Waals surface area contributed by atoms with E-state index in [0.29, 0.717) is 17.1 Å². The highest BCUT2D eigenvalue weighted by molar-refractivity contribution is 5.77. The topological polar surface area (TPSA) is 55.8 Å². The molecule has 0 aliphatic carbocycles. The fraction of sp³-hybridized carbons (Fsp3) is 0.417. The van der Waals surface area contributed by atoms with Crippen molar-refractivity contribution in [1.82, 2.24) is 0 Å². The quantitative estimate of drug-likeness (QED) is 0.851. The molecule has 0 aliphatic heterocycles. The van der Waals surface area contributed by atoms with Gasteiger partial charge in [0.15, 0.2) is 0 Å². The van der Waals surface area contributed by atoms with Crippen LogP contribution in [0.2, 0.25) is 0 Å². The maximum Gasteiger partial charge on any atom is 0.310 e. The second kappa shape index (κ2) is 4.88. The molecule has 1 unspecified atom stereocenters. The first-order chi connectivity index (χ1) is 7.52. The van der Waals surface area contributed by atoms with Crippen LogP contribution in [0.25, 0.3) is 0 Å². The van der Waals surface area contributed by atoms with E-state index in [0.717, 1.165) is 5.56 Å². The Balaban J connectivity index is 3.31. The van der Waals surface area contributed by atoms with Crippen LogP contribution in [0.15, 0.2) is 12.1 Å². The SMILES string of the molecule is COc1ccc(C(C)C(=O)O)c(OC)c1C. The second-order valence-corrected chi connectivity index (χ2v) is 3.58. The lowest BCUT2D eigenvalue weighted by Crippen LogP contribution is -2.09. The predicted molar refractivity (Wildman–Crippen MR) is 60.3 cm³/mol. The molecule has 0 radical (unpaired) electrons. The first kappa shape index (κ1) is 12.4. The molecular formula is C12H16O4. The van der Waals surface area contributed by atoms with Gasteiger partial charge in [-0.25, -0.2) is 0 Å². The molecule has 0 fully saturated rings. The largest absolute Gasteiger partial charge is 0.496 e. The van der Waals surface area contributed by atoms with E-state index in [4.69, 9.17) is 14.6 Å². The van der Waals surface area contributed by atoms with Crippen LogP contribution in [0, 0.1) is 6.92 Å². The summed E-state index contributed by atoms with van der Waals surface area (Å²) in [5, 5.41) is 8.99. The van der Waals surface area contributed by atoms with E-state index in [9.17, 15) is 4.79 Å². The molecule has 0 saturated heterocycles. The van der Waals surface area contributed by atoms with Crippen LogP contribution in [0.5, 0.6) is 11.5 Å². The summed E-state index contributed by atoms with van der Waals surface area (Å²) in [6, 6.07) is 3.48. The molecule has 0 heterocycles. The molecule has 1 aromatic rings. The summed E-state index contributed by atoms with van der Waals surface area (Å²) in [7, 11) is 3.10. The van der Waals surface area contributed by atoms with Gasteiger partial charge in [0, 0.05) is 11.1 Å². The summed E-state index contributed by atoms with van der Waals surface area (Å²) >= 11 is 0. The monoisotopic (exact) mass is 224 g/mol. The first-order valence-electron chi connectivity index (χ1n) is 4.97. The molecule has 4 heteroatoms. The Labute approximate surface area is 94.8 Å². The van der Waals surface area contributed by atoms with Gasteiger partial charge in [-0.05, 0) is 19.9 Å². The number of hydrogen-bond acceptors (Lipinski definition) is 3. The molecule has 1 rings (SSSR count). The van der Waals surface area contributed by atoms with Gasteiger partial charge >= 0.3 is 5.97 Å². The standard InChI is InChI=1S/C12H16O4/c1-7(12(13)14)9-5-6-10(15-3)8(2)11(9)16-4/h5-7H,1-4H3,(H,13,14). The Morgan fingerprint density at radius 2 is 1.94 bits per heavy atom. The Hall–Kier alpha value is -1.71.